The summed E-state index contributed by atoms with van der Waals surface area (Å²) >= 11 is 0. The van der Waals surface area contributed by atoms with Gasteiger partial charge >= 0.3 is 0 Å². The van der Waals surface area contributed by atoms with E-state index in [0.717, 1.165) is 0 Å². The van der Waals surface area contributed by atoms with E-state index < -0.39 is 0 Å². The van der Waals surface area contributed by atoms with Gasteiger partial charge < -0.3 is 14.6 Å². The first-order valence-corrected chi connectivity index (χ1v) is 6.39. The summed E-state index contributed by atoms with van der Waals surface area (Å²) in [6.45, 7) is 0.625. The Hall–Kier alpha value is -2.63. The summed E-state index contributed by atoms with van der Waals surface area (Å²) in [4.78, 5) is 27.1. The maximum atomic E-state index is 12.7. The van der Waals surface area contributed by atoms with Crippen LogP contribution in [0.5, 0.6) is 5.75 Å². The molecule has 0 saturated carbocycles. The number of amides is 1. The molecule has 1 N–H and O–H groups in total. The van der Waals surface area contributed by atoms with Crippen molar-refractivity contribution in [2.45, 2.75) is 0 Å². The fraction of sp³-hybridized carbons (Fsp3) is 0.200. The molecule has 1 amide bonds. The number of H-pyrrole nitrogens is 1. The van der Waals surface area contributed by atoms with Crippen LogP contribution >= 0.6 is 0 Å². The standard InChI is InChI=1S/C15H15FN2O3/c1-18(15(20)11-6-7-17-14(19)10-11)8-9-21-13-4-2-12(16)3-5-13/h2-7,10H,8-9H2,1H3,(H,17,19). The molecule has 2 aromatic rings. The van der Waals surface area contributed by atoms with Gasteiger partial charge in [0, 0.05) is 24.9 Å². The molecule has 0 unspecified atom stereocenters. The van der Waals surface area contributed by atoms with Gasteiger partial charge in [-0.25, -0.2) is 4.39 Å². The summed E-state index contributed by atoms with van der Waals surface area (Å²) in [5.41, 5.74) is -0.000144. The number of hydrogen-bond acceptors (Lipinski definition) is 3. The predicted octanol–water partition coefficient (Wildman–Crippen LogP) is 1.66. The molecule has 0 atom stereocenters. The molecule has 0 aliphatic carbocycles. The van der Waals surface area contributed by atoms with Gasteiger partial charge in [-0.05, 0) is 30.3 Å². The topological polar surface area (TPSA) is 62.4 Å². The van der Waals surface area contributed by atoms with E-state index in [1.807, 2.05) is 0 Å². The summed E-state index contributed by atoms with van der Waals surface area (Å²) in [5.74, 6) is -0.0545. The van der Waals surface area contributed by atoms with Crippen LogP contribution < -0.4 is 10.3 Å². The van der Waals surface area contributed by atoms with E-state index in [1.54, 1.807) is 13.1 Å². The van der Waals surface area contributed by atoms with Crippen LogP contribution in [0.2, 0.25) is 0 Å². The zero-order chi connectivity index (χ0) is 15.2. The van der Waals surface area contributed by atoms with Crippen molar-refractivity contribution in [3.05, 3.63) is 64.3 Å². The van der Waals surface area contributed by atoms with Crippen LogP contribution in [-0.2, 0) is 0 Å². The number of ether oxygens (including phenoxy) is 1. The lowest BCUT2D eigenvalue weighted by Crippen LogP contribution is -2.31. The van der Waals surface area contributed by atoms with Crippen LogP contribution in [0.25, 0.3) is 0 Å². The average Bonchev–Trinajstić information content (AvgIpc) is 2.48. The van der Waals surface area contributed by atoms with Crippen molar-refractivity contribution in [2.75, 3.05) is 20.2 Å². The van der Waals surface area contributed by atoms with Crippen molar-refractivity contribution in [3.63, 3.8) is 0 Å². The van der Waals surface area contributed by atoms with Crippen LogP contribution in [0, 0.1) is 5.82 Å². The second-order valence-corrected chi connectivity index (χ2v) is 4.47. The molecule has 0 spiro atoms. The maximum Gasteiger partial charge on any atom is 0.253 e. The lowest BCUT2D eigenvalue weighted by molar-refractivity contribution is 0.0773. The highest BCUT2D eigenvalue weighted by Gasteiger charge is 2.11. The normalized spacial score (nSPS) is 10.2. The van der Waals surface area contributed by atoms with E-state index >= 15 is 0 Å². The van der Waals surface area contributed by atoms with E-state index in [1.165, 1.54) is 41.4 Å². The zero-order valence-corrected chi connectivity index (χ0v) is 11.5. The second-order valence-electron chi connectivity index (χ2n) is 4.47. The Morgan fingerprint density at radius 2 is 2.00 bits per heavy atom. The van der Waals surface area contributed by atoms with Crippen LogP contribution in [0.4, 0.5) is 4.39 Å². The van der Waals surface area contributed by atoms with E-state index in [-0.39, 0.29) is 23.9 Å². The minimum absolute atomic E-state index is 0.260. The quantitative estimate of drug-likeness (QED) is 0.911. The van der Waals surface area contributed by atoms with Crippen LogP contribution in [0.1, 0.15) is 10.4 Å². The number of nitrogens with one attached hydrogen (secondary N) is 1. The smallest absolute Gasteiger partial charge is 0.253 e. The molecule has 0 bridgehead atoms. The van der Waals surface area contributed by atoms with Crippen LogP contribution in [-0.4, -0.2) is 36.0 Å². The van der Waals surface area contributed by atoms with Gasteiger partial charge in [-0.2, -0.15) is 0 Å². The summed E-state index contributed by atoms with van der Waals surface area (Å²) in [6, 6.07) is 8.45. The molecule has 2 rings (SSSR count). The number of aromatic nitrogens is 1. The largest absolute Gasteiger partial charge is 0.492 e. The van der Waals surface area contributed by atoms with E-state index in [2.05, 4.69) is 4.98 Å². The van der Waals surface area contributed by atoms with E-state index in [9.17, 15) is 14.0 Å². The molecule has 5 nitrogen and oxygen atoms in total. The van der Waals surface area contributed by atoms with Gasteiger partial charge in [0.05, 0.1) is 6.54 Å². The highest BCUT2D eigenvalue weighted by Crippen LogP contribution is 2.11. The average molecular weight is 290 g/mol. The Labute approximate surface area is 121 Å². The Morgan fingerprint density at radius 1 is 1.29 bits per heavy atom. The Bertz CT molecular complexity index is 667. The molecule has 0 fully saturated rings. The predicted molar refractivity (Wildman–Crippen MR) is 75.9 cm³/mol. The molecule has 6 heteroatoms. The van der Waals surface area contributed by atoms with Gasteiger partial charge in [0.1, 0.15) is 18.2 Å². The first kappa shape index (κ1) is 14.8. The number of nitrogens with zero attached hydrogens (tertiary/aromatic N) is 1. The van der Waals surface area contributed by atoms with Gasteiger partial charge in [0.25, 0.3) is 5.91 Å². The third kappa shape index (κ3) is 4.17. The van der Waals surface area contributed by atoms with Crippen molar-refractivity contribution in [1.82, 2.24) is 9.88 Å². The molecule has 21 heavy (non-hydrogen) atoms. The van der Waals surface area contributed by atoms with Crippen molar-refractivity contribution in [2.24, 2.45) is 0 Å². The highest BCUT2D eigenvalue weighted by molar-refractivity contribution is 5.93. The highest BCUT2D eigenvalue weighted by atomic mass is 19.1. The number of carbonyl (C=O) groups excluding carboxylic acids is 1. The molecule has 0 saturated heterocycles. The zero-order valence-electron chi connectivity index (χ0n) is 11.5. The monoisotopic (exact) mass is 290 g/mol. The first-order valence-electron chi connectivity index (χ1n) is 6.39. The molecule has 110 valence electrons. The van der Waals surface area contributed by atoms with Crippen molar-refractivity contribution in [1.29, 1.82) is 0 Å². The summed E-state index contributed by atoms with van der Waals surface area (Å²) in [5, 5.41) is 0. The number of halogens is 1. The van der Waals surface area contributed by atoms with E-state index in [4.69, 9.17) is 4.74 Å². The van der Waals surface area contributed by atoms with Gasteiger partial charge in [0.15, 0.2) is 0 Å². The minimum Gasteiger partial charge on any atom is -0.492 e. The van der Waals surface area contributed by atoms with Gasteiger partial charge in [-0.1, -0.05) is 0 Å². The maximum absolute atomic E-state index is 12.7. The third-order valence-electron chi connectivity index (χ3n) is 2.88. The van der Waals surface area contributed by atoms with Gasteiger partial charge in [-0.3, -0.25) is 9.59 Å². The molecular formula is C15H15FN2O3. The number of hydrogen-bond donors (Lipinski definition) is 1. The van der Waals surface area contributed by atoms with E-state index in [0.29, 0.717) is 17.9 Å². The summed E-state index contributed by atoms with van der Waals surface area (Å²) < 4.78 is 18.1. The minimum atomic E-state index is -0.330. The van der Waals surface area contributed by atoms with Crippen LogP contribution in [0.3, 0.4) is 0 Å². The number of benzene rings is 1. The fourth-order valence-electron chi connectivity index (χ4n) is 1.73. The second kappa shape index (κ2) is 6.69. The fourth-order valence-corrected chi connectivity index (χ4v) is 1.73. The lowest BCUT2D eigenvalue weighted by atomic mass is 10.2. The number of pyridine rings is 1. The molecule has 0 aliphatic heterocycles. The Morgan fingerprint density at radius 3 is 2.67 bits per heavy atom. The number of aromatic amines is 1. The number of carbonyl (C=O) groups is 1. The first-order chi connectivity index (χ1) is 10.1. The van der Waals surface area contributed by atoms with Crippen LogP contribution in [0.15, 0.2) is 47.4 Å². The van der Waals surface area contributed by atoms with Crippen molar-refractivity contribution < 1.29 is 13.9 Å². The SMILES string of the molecule is CN(CCOc1ccc(F)cc1)C(=O)c1cc[nH]c(=O)c1. The third-order valence-corrected chi connectivity index (χ3v) is 2.88. The van der Waals surface area contributed by atoms with Gasteiger partial charge in [0.2, 0.25) is 5.56 Å². The van der Waals surface area contributed by atoms with Gasteiger partial charge in [-0.15, -0.1) is 0 Å². The Kier molecular flexibility index (Phi) is 4.71. The molecule has 1 aromatic heterocycles. The number of rotatable bonds is 5. The summed E-state index contributed by atoms with van der Waals surface area (Å²) in [7, 11) is 1.62. The molecule has 0 radical (unpaired) electrons. The van der Waals surface area contributed by atoms with Crippen molar-refractivity contribution in [3.8, 4) is 5.75 Å². The number of likely N-dealkylation sites (N-methyl/N-ethyl adjacent to an activating group) is 1. The molecular weight excluding hydrogens is 275 g/mol. The lowest BCUT2D eigenvalue weighted by Gasteiger charge is -2.17. The molecule has 1 aromatic carbocycles. The molecule has 1 heterocycles. The van der Waals surface area contributed by atoms with Crippen molar-refractivity contribution >= 4 is 5.91 Å². The Balaban J connectivity index is 1.86. The molecule has 0 aliphatic rings. The summed E-state index contributed by atoms with van der Waals surface area (Å²) in [6.07, 6.45) is 1.43.